The van der Waals surface area contributed by atoms with Crippen LogP contribution in [0.5, 0.6) is 0 Å². The highest BCUT2D eigenvalue weighted by Crippen LogP contribution is 2.14. The molecule has 1 rings (SSSR count). The molecule has 0 unspecified atom stereocenters. The molecule has 4 nitrogen and oxygen atoms in total. The lowest BCUT2D eigenvalue weighted by Gasteiger charge is -2.15. The van der Waals surface area contributed by atoms with Gasteiger partial charge in [-0.3, -0.25) is 4.98 Å². The molecule has 0 aromatic carbocycles. The van der Waals surface area contributed by atoms with E-state index in [4.69, 9.17) is 11.1 Å². The van der Waals surface area contributed by atoms with Gasteiger partial charge in [0, 0.05) is 25.0 Å². The third kappa shape index (κ3) is 3.17. The first-order valence-electron chi connectivity index (χ1n) is 5.30. The van der Waals surface area contributed by atoms with Gasteiger partial charge in [-0.05, 0) is 31.6 Å². The molecular weight excluding hydrogens is 200 g/mol. The van der Waals surface area contributed by atoms with E-state index in [2.05, 4.69) is 10.3 Å². The van der Waals surface area contributed by atoms with Crippen LogP contribution in [0.4, 0.5) is 0 Å². The van der Waals surface area contributed by atoms with Gasteiger partial charge < -0.3 is 16.5 Å². The van der Waals surface area contributed by atoms with E-state index >= 15 is 0 Å². The van der Waals surface area contributed by atoms with Crippen LogP contribution in [0.15, 0.2) is 24.4 Å². The first-order valence-corrected chi connectivity index (χ1v) is 5.30. The molecule has 0 radical (unpaired) electrons. The zero-order valence-electron chi connectivity index (χ0n) is 9.70. The Labute approximate surface area is 96.1 Å². The molecule has 86 valence electrons. The van der Waals surface area contributed by atoms with Crippen molar-refractivity contribution in [3.05, 3.63) is 35.7 Å². The van der Waals surface area contributed by atoms with Gasteiger partial charge in [0.25, 0.3) is 0 Å². The van der Waals surface area contributed by atoms with Crippen LogP contribution in [0, 0.1) is 5.41 Å². The lowest BCUT2D eigenvalue weighted by atomic mass is 10.1. The zero-order valence-corrected chi connectivity index (χ0v) is 9.70. The van der Waals surface area contributed by atoms with Crippen LogP contribution >= 0.6 is 0 Å². The molecular formula is C12H18N4. The van der Waals surface area contributed by atoms with Gasteiger partial charge >= 0.3 is 0 Å². The average molecular weight is 218 g/mol. The van der Waals surface area contributed by atoms with Crippen LogP contribution in [0.3, 0.4) is 0 Å². The first kappa shape index (κ1) is 12.4. The van der Waals surface area contributed by atoms with E-state index in [1.54, 1.807) is 12.3 Å². The maximum absolute atomic E-state index is 7.15. The van der Waals surface area contributed by atoms with Gasteiger partial charge in [-0.15, -0.1) is 0 Å². The molecule has 0 spiro atoms. The molecule has 1 aromatic rings. The second-order valence-corrected chi connectivity index (χ2v) is 3.76. The van der Waals surface area contributed by atoms with Crippen LogP contribution in [0.2, 0.25) is 0 Å². The van der Waals surface area contributed by atoms with Crippen LogP contribution in [-0.2, 0) is 6.54 Å². The topological polar surface area (TPSA) is 74.8 Å². The molecule has 0 amide bonds. The zero-order chi connectivity index (χ0) is 12.0. The summed E-state index contributed by atoms with van der Waals surface area (Å²) in [5.74, 6) is 0. The number of nitrogens with zero attached hydrogens (tertiary/aromatic N) is 1. The summed E-state index contributed by atoms with van der Waals surface area (Å²) in [6.45, 7) is 4.53. The highest BCUT2D eigenvalue weighted by molar-refractivity contribution is 5.81. The molecule has 0 aliphatic rings. The number of nitrogens with one attached hydrogen (secondary N) is 2. The molecule has 1 heterocycles. The van der Waals surface area contributed by atoms with Crippen molar-refractivity contribution in [2.45, 2.75) is 26.4 Å². The highest BCUT2D eigenvalue weighted by atomic mass is 14.9. The van der Waals surface area contributed by atoms with Crippen LogP contribution in [0.25, 0.3) is 5.70 Å². The van der Waals surface area contributed by atoms with Gasteiger partial charge in [-0.2, -0.15) is 0 Å². The SMILES string of the molecule is CC(C)N/C(=C\C=N)c1ncccc1CN. The summed E-state index contributed by atoms with van der Waals surface area (Å²) in [5.41, 5.74) is 8.30. The second kappa shape index (κ2) is 6.02. The largest absolute Gasteiger partial charge is 0.381 e. The van der Waals surface area contributed by atoms with E-state index in [0.717, 1.165) is 17.0 Å². The fourth-order valence-corrected chi connectivity index (χ4v) is 1.44. The van der Waals surface area contributed by atoms with Crippen LogP contribution < -0.4 is 11.1 Å². The predicted octanol–water partition coefficient (Wildman–Crippen LogP) is 1.53. The van der Waals surface area contributed by atoms with E-state index in [-0.39, 0.29) is 0 Å². The van der Waals surface area contributed by atoms with Crippen LogP contribution in [0.1, 0.15) is 25.1 Å². The Morgan fingerprint density at radius 1 is 1.62 bits per heavy atom. The molecule has 0 fully saturated rings. The lowest BCUT2D eigenvalue weighted by molar-refractivity contribution is 0.714. The van der Waals surface area contributed by atoms with E-state index in [1.807, 2.05) is 26.0 Å². The Hall–Kier alpha value is -1.68. The summed E-state index contributed by atoms with van der Waals surface area (Å²) in [4.78, 5) is 4.31. The number of aromatic nitrogens is 1. The van der Waals surface area contributed by atoms with Gasteiger partial charge in [0.1, 0.15) is 0 Å². The summed E-state index contributed by atoms with van der Waals surface area (Å²) in [6.07, 6.45) is 4.68. The van der Waals surface area contributed by atoms with Gasteiger partial charge in [0.05, 0.1) is 11.4 Å². The summed E-state index contributed by atoms with van der Waals surface area (Å²) in [6, 6.07) is 4.10. The molecule has 0 saturated heterocycles. The molecule has 0 aliphatic carbocycles. The number of hydrogen-bond acceptors (Lipinski definition) is 4. The van der Waals surface area contributed by atoms with Crippen molar-refractivity contribution >= 4 is 11.9 Å². The number of hydrogen-bond donors (Lipinski definition) is 3. The quantitative estimate of drug-likeness (QED) is 0.656. The Morgan fingerprint density at radius 3 is 2.94 bits per heavy atom. The smallest absolute Gasteiger partial charge is 0.0906 e. The minimum Gasteiger partial charge on any atom is -0.381 e. The van der Waals surface area contributed by atoms with Crippen molar-refractivity contribution in [1.29, 1.82) is 5.41 Å². The molecule has 0 bridgehead atoms. The van der Waals surface area contributed by atoms with E-state index in [1.165, 1.54) is 6.21 Å². The average Bonchev–Trinajstić information content (AvgIpc) is 2.28. The number of nitrogens with two attached hydrogens (primary N) is 1. The summed E-state index contributed by atoms with van der Waals surface area (Å²) in [7, 11) is 0. The van der Waals surface area contributed by atoms with E-state index in [9.17, 15) is 0 Å². The van der Waals surface area contributed by atoms with Crippen LogP contribution in [-0.4, -0.2) is 17.2 Å². The third-order valence-corrected chi connectivity index (χ3v) is 2.06. The molecule has 4 N–H and O–H groups in total. The minimum atomic E-state index is 0.291. The maximum Gasteiger partial charge on any atom is 0.0906 e. The Balaban J connectivity index is 3.10. The fourth-order valence-electron chi connectivity index (χ4n) is 1.44. The lowest BCUT2D eigenvalue weighted by Crippen LogP contribution is -2.23. The van der Waals surface area contributed by atoms with Crippen molar-refractivity contribution < 1.29 is 0 Å². The molecule has 16 heavy (non-hydrogen) atoms. The van der Waals surface area contributed by atoms with Crippen molar-refractivity contribution in [1.82, 2.24) is 10.3 Å². The molecule has 0 aliphatic heterocycles. The van der Waals surface area contributed by atoms with Gasteiger partial charge in [0.2, 0.25) is 0 Å². The maximum atomic E-state index is 7.15. The standard InChI is InChI=1S/C12H18N4/c1-9(2)16-11(5-6-13)12-10(8-14)4-3-7-15-12/h3-7,9,13,16H,8,14H2,1-2H3/b11-5-,13-6?. The van der Waals surface area contributed by atoms with Gasteiger partial charge in [-0.25, -0.2) is 0 Å². The molecule has 0 saturated carbocycles. The Morgan fingerprint density at radius 2 is 2.38 bits per heavy atom. The number of rotatable bonds is 5. The monoisotopic (exact) mass is 218 g/mol. The normalized spacial score (nSPS) is 11.6. The first-order chi connectivity index (χ1) is 7.69. The summed E-state index contributed by atoms with van der Waals surface area (Å²) in [5, 5.41) is 10.4. The summed E-state index contributed by atoms with van der Waals surface area (Å²) >= 11 is 0. The third-order valence-electron chi connectivity index (χ3n) is 2.06. The highest BCUT2D eigenvalue weighted by Gasteiger charge is 2.08. The molecule has 1 aromatic heterocycles. The van der Waals surface area contributed by atoms with Gasteiger partial charge in [0.15, 0.2) is 0 Å². The van der Waals surface area contributed by atoms with Crippen molar-refractivity contribution in [3.63, 3.8) is 0 Å². The Kier molecular flexibility index (Phi) is 4.66. The van der Waals surface area contributed by atoms with Crippen molar-refractivity contribution in [2.75, 3.05) is 0 Å². The van der Waals surface area contributed by atoms with Gasteiger partial charge in [-0.1, -0.05) is 6.07 Å². The van der Waals surface area contributed by atoms with E-state index < -0.39 is 0 Å². The van der Waals surface area contributed by atoms with Crippen molar-refractivity contribution in [3.8, 4) is 0 Å². The number of pyridine rings is 1. The Bertz CT molecular complexity index is 382. The second-order valence-electron chi connectivity index (χ2n) is 3.76. The molecule has 4 heteroatoms. The van der Waals surface area contributed by atoms with Crippen molar-refractivity contribution in [2.24, 2.45) is 5.73 Å². The molecule has 0 atom stereocenters. The number of allylic oxidation sites excluding steroid dienone is 1. The summed E-state index contributed by atoms with van der Waals surface area (Å²) < 4.78 is 0. The van der Waals surface area contributed by atoms with E-state index in [0.29, 0.717) is 12.6 Å². The predicted molar refractivity (Wildman–Crippen MR) is 67.2 cm³/mol. The fraction of sp³-hybridized carbons (Fsp3) is 0.333. The minimum absolute atomic E-state index is 0.291.